The number of benzene rings is 2. The summed E-state index contributed by atoms with van der Waals surface area (Å²) in [5, 5.41) is 0. The van der Waals surface area contributed by atoms with E-state index in [9.17, 15) is 14.0 Å². The molecular formula is C22H24FNO4. The highest BCUT2D eigenvalue weighted by atomic mass is 19.1. The number of rotatable bonds is 6. The smallest absolute Gasteiger partial charge is 0.337 e. The number of halogens is 1. The van der Waals surface area contributed by atoms with E-state index in [-0.39, 0.29) is 23.4 Å². The van der Waals surface area contributed by atoms with E-state index in [1.807, 2.05) is 12.1 Å². The molecule has 148 valence electrons. The second-order valence-electron chi connectivity index (χ2n) is 6.98. The lowest BCUT2D eigenvalue weighted by Gasteiger charge is -2.32. The van der Waals surface area contributed by atoms with Crippen LogP contribution < -0.4 is 4.74 Å². The zero-order chi connectivity index (χ0) is 20.1. The molecule has 0 radical (unpaired) electrons. The third-order valence-corrected chi connectivity index (χ3v) is 5.09. The standard InChI is InChI=1S/C22H24FNO4/c1-27-20-10-9-17(12-19(20)23)21(25)18-4-3-11-24(14-18)13-15-5-7-16(8-6-15)22(26)28-2/h5-10,12,18H,3-4,11,13-14H2,1-2H3/t18-/m1/s1. The highest BCUT2D eigenvalue weighted by molar-refractivity contribution is 5.98. The minimum absolute atomic E-state index is 0.0349. The van der Waals surface area contributed by atoms with Crippen molar-refractivity contribution in [2.75, 3.05) is 27.3 Å². The predicted molar refractivity (Wildman–Crippen MR) is 103 cm³/mol. The second-order valence-corrected chi connectivity index (χ2v) is 6.98. The summed E-state index contributed by atoms with van der Waals surface area (Å²) >= 11 is 0. The van der Waals surface area contributed by atoms with Gasteiger partial charge in [0.25, 0.3) is 0 Å². The van der Waals surface area contributed by atoms with E-state index in [0.29, 0.717) is 24.2 Å². The van der Waals surface area contributed by atoms with Crippen molar-refractivity contribution in [2.45, 2.75) is 19.4 Å². The summed E-state index contributed by atoms with van der Waals surface area (Å²) in [6.07, 6.45) is 1.71. The molecule has 2 aromatic carbocycles. The first-order valence-electron chi connectivity index (χ1n) is 9.29. The minimum Gasteiger partial charge on any atom is -0.494 e. The maximum atomic E-state index is 13.9. The van der Waals surface area contributed by atoms with Gasteiger partial charge in [0, 0.05) is 24.6 Å². The fourth-order valence-electron chi connectivity index (χ4n) is 3.59. The zero-order valence-corrected chi connectivity index (χ0v) is 16.1. The van der Waals surface area contributed by atoms with Crippen molar-refractivity contribution in [3.05, 3.63) is 65.0 Å². The molecule has 1 atom stereocenters. The molecule has 0 unspecified atom stereocenters. The number of likely N-dealkylation sites (tertiary alicyclic amines) is 1. The quantitative estimate of drug-likeness (QED) is 0.560. The van der Waals surface area contributed by atoms with Crippen LogP contribution in [-0.4, -0.2) is 44.0 Å². The van der Waals surface area contributed by atoms with Gasteiger partial charge in [-0.3, -0.25) is 9.69 Å². The lowest BCUT2D eigenvalue weighted by molar-refractivity contribution is 0.0600. The summed E-state index contributed by atoms with van der Waals surface area (Å²) in [6.45, 7) is 2.23. The van der Waals surface area contributed by atoms with Crippen LogP contribution in [0.1, 0.15) is 39.1 Å². The number of carbonyl (C=O) groups is 2. The molecule has 1 aliphatic heterocycles. The Kier molecular flexibility index (Phi) is 6.41. The van der Waals surface area contributed by atoms with Crippen LogP contribution >= 0.6 is 0 Å². The molecule has 0 amide bonds. The van der Waals surface area contributed by atoms with E-state index >= 15 is 0 Å². The van der Waals surface area contributed by atoms with Gasteiger partial charge in [-0.2, -0.15) is 0 Å². The Morgan fingerprint density at radius 3 is 2.46 bits per heavy atom. The van der Waals surface area contributed by atoms with Crippen molar-refractivity contribution in [1.29, 1.82) is 0 Å². The summed E-state index contributed by atoms with van der Waals surface area (Å²) < 4.78 is 23.6. The van der Waals surface area contributed by atoms with Crippen molar-refractivity contribution < 1.29 is 23.5 Å². The third-order valence-electron chi connectivity index (χ3n) is 5.09. The third kappa shape index (κ3) is 4.57. The normalized spacial score (nSPS) is 17.2. The molecule has 0 N–H and O–H groups in total. The largest absolute Gasteiger partial charge is 0.494 e. The van der Waals surface area contributed by atoms with Gasteiger partial charge in [-0.25, -0.2) is 9.18 Å². The molecule has 28 heavy (non-hydrogen) atoms. The lowest BCUT2D eigenvalue weighted by atomic mass is 9.89. The molecule has 2 aromatic rings. The van der Waals surface area contributed by atoms with Gasteiger partial charge < -0.3 is 9.47 Å². The average Bonchev–Trinajstić information content (AvgIpc) is 2.73. The Morgan fingerprint density at radius 1 is 1.11 bits per heavy atom. The van der Waals surface area contributed by atoms with Crippen LogP contribution in [0, 0.1) is 11.7 Å². The van der Waals surface area contributed by atoms with E-state index in [0.717, 1.165) is 24.9 Å². The van der Waals surface area contributed by atoms with Crippen LogP contribution in [0.4, 0.5) is 4.39 Å². The molecule has 5 nitrogen and oxygen atoms in total. The highest BCUT2D eigenvalue weighted by Gasteiger charge is 2.27. The van der Waals surface area contributed by atoms with E-state index in [1.165, 1.54) is 26.4 Å². The lowest BCUT2D eigenvalue weighted by Crippen LogP contribution is -2.38. The van der Waals surface area contributed by atoms with Gasteiger partial charge in [0.15, 0.2) is 17.3 Å². The molecule has 0 aliphatic carbocycles. The van der Waals surface area contributed by atoms with Crippen molar-refractivity contribution in [3.8, 4) is 5.75 Å². The van der Waals surface area contributed by atoms with Gasteiger partial charge in [0.2, 0.25) is 0 Å². The predicted octanol–water partition coefficient (Wildman–Crippen LogP) is 3.72. The molecule has 0 aromatic heterocycles. The number of hydrogen-bond acceptors (Lipinski definition) is 5. The molecule has 1 heterocycles. The van der Waals surface area contributed by atoms with Crippen LogP contribution in [0.3, 0.4) is 0 Å². The van der Waals surface area contributed by atoms with Crippen molar-refractivity contribution in [3.63, 3.8) is 0 Å². The number of piperidine rings is 1. The monoisotopic (exact) mass is 385 g/mol. The van der Waals surface area contributed by atoms with Gasteiger partial charge in [-0.15, -0.1) is 0 Å². The molecule has 1 saturated heterocycles. The van der Waals surface area contributed by atoms with Gasteiger partial charge in [-0.1, -0.05) is 12.1 Å². The molecule has 0 spiro atoms. The van der Waals surface area contributed by atoms with Crippen LogP contribution in [0.25, 0.3) is 0 Å². The summed E-state index contributed by atoms with van der Waals surface area (Å²) in [6, 6.07) is 11.7. The number of hydrogen-bond donors (Lipinski definition) is 0. The van der Waals surface area contributed by atoms with Gasteiger partial charge in [0.1, 0.15) is 0 Å². The first-order chi connectivity index (χ1) is 13.5. The highest BCUT2D eigenvalue weighted by Crippen LogP contribution is 2.25. The first-order valence-corrected chi connectivity index (χ1v) is 9.29. The maximum absolute atomic E-state index is 13.9. The first kappa shape index (κ1) is 20.0. The SMILES string of the molecule is COC(=O)c1ccc(CN2CCC[C@@H](C(=O)c3ccc(OC)c(F)c3)C2)cc1. The number of ketones is 1. The molecule has 1 fully saturated rings. The summed E-state index contributed by atoms with van der Waals surface area (Å²) in [4.78, 5) is 26.6. The van der Waals surface area contributed by atoms with Gasteiger partial charge in [-0.05, 0) is 55.3 Å². The summed E-state index contributed by atoms with van der Waals surface area (Å²) in [5.41, 5.74) is 1.96. The van der Waals surface area contributed by atoms with E-state index in [2.05, 4.69) is 4.90 Å². The number of methoxy groups -OCH3 is 2. The topological polar surface area (TPSA) is 55.8 Å². The molecule has 0 bridgehead atoms. The van der Waals surface area contributed by atoms with E-state index in [1.54, 1.807) is 18.2 Å². The Bertz CT molecular complexity index is 850. The van der Waals surface area contributed by atoms with Crippen molar-refractivity contribution >= 4 is 11.8 Å². The number of nitrogens with zero attached hydrogens (tertiary/aromatic N) is 1. The average molecular weight is 385 g/mol. The van der Waals surface area contributed by atoms with Crippen LogP contribution in [0.15, 0.2) is 42.5 Å². The fourth-order valence-corrected chi connectivity index (χ4v) is 3.59. The Balaban J connectivity index is 1.64. The molecule has 1 aliphatic rings. The van der Waals surface area contributed by atoms with Crippen LogP contribution in [0.5, 0.6) is 5.75 Å². The minimum atomic E-state index is -0.522. The van der Waals surface area contributed by atoms with Gasteiger partial charge in [0.05, 0.1) is 19.8 Å². The van der Waals surface area contributed by atoms with Crippen LogP contribution in [-0.2, 0) is 11.3 Å². The molecule has 0 saturated carbocycles. The Hall–Kier alpha value is -2.73. The van der Waals surface area contributed by atoms with Crippen molar-refractivity contribution in [1.82, 2.24) is 4.90 Å². The number of carbonyl (C=O) groups excluding carboxylic acids is 2. The molecule has 3 rings (SSSR count). The van der Waals surface area contributed by atoms with E-state index in [4.69, 9.17) is 9.47 Å². The van der Waals surface area contributed by atoms with E-state index < -0.39 is 5.82 Å². The van der Waals surface area contributed by atoms with Crippen LogP contribution in [0.2, 0.25) is 0 Å². The maximum Gasteiger partial charge on any atom is 0.337 e. The molecular weight excluding hydrogens is 361 g/mol. The summed E-state index contributed by atoms with van der Waals surface area (Å²) in [5.74, 6) is -0.936. The summed E-state index contributed by atoms with van der Waals surface area (Å²) in [7, 11) is 2.76. The zero-order valence-electron chi connectivity index (χ0n) is 16.1. The number of ether oxygens (including phenoxy) is 2. The number of esters is 1. The number of Topliss-reactive ketones (excluding diaryl/α,β-unsaturated/α-hetero) is 1. The van der Waals surface area contributed by atoms with Gasteiger partial charge >= 0.3 is 5.97 Å². The fraction of sp³-hybridized carbons (Fsp3) is 0.364. The second kappa shape index (κ2) is 8.97. The molecule has 6 heteroatoms. The Morgan fingerprint density at radius 2 is 1.82 bits per heavy atom. The van der Waals surface area contributed by atoms with Crippen molar-refractivity contribution in [2.24, 2.45) is 5.92 Å². The Labute approximate surface area is 164 Å².